The van der Waals surface area contributed by atoms with Gasteiger partial charge in [0.05, 0.1) is 42.7 Å². The first-order chi connectivity index (χ1) is 19.0. The summed E-state index contributed by atoms with van der Waals surface area (Å²) in [5, 5.41) is 87.1. The molecule has 3 heterocycles. The molecule has 0 saturated carbocycles. The molecule has 1 aromatic carbocycles. The van der Waals surface area contributed by atoms with Crippen molar-refractivity contribution in [1.29, 1.82) is 0 Å². The molecular formula is C25H31ClN2O12. The topological polar surface area (TPSA) is 232 Å². The van der Waals surface area contributed by atoms with E-state index in [1.54, 1.807) is 18.2 Å². The molecule has 15 heteroatoms. The number of carbonyl (C=O) groups is 1. The molecule has 0 unspecified atom stereocenters. The number of rotatable bonds is 8. The van der Waals surface area contributed by atoms with Crippen LogP contribution in [0.15, 0.2) is 42.7 Å². The van der Waals surface area contributed by atoms with Gasteiger partial charge in [-0.25, -0.2) is 0 Å². The molecule has 4 rings (SSSR count). The normalized spacial score (nSPS) is 36.3. The first kappa shape index (κ1) is 30.6. The number of hydrogen-bond acceptors (Lipinski definition) is 13. The zero-order chi connectivity index (χ0) is 29.2. The largest absolute Gasteiger partial charge is 0.394 e. The van der Waals surface area contributed by atoms with Crippen molar-refractivity contribution < 1.29 is 59.9 Å². The van der Waals surface area contributed by atoms with Gasteiger partial charge in [0.25, 0.3) is 5.91 Å². The minimum Gasteiger partial charge on any atom is -0.394 e. The zero-order valence-corrected chi connectivity index (χ0v) is 21.7. The Kier molecular flexibility index (Phi) is 9.41. The number of anilines is 1. The highest BCUT2D eigenvalue weighted by atomic mass is 35.5. The predicted molar refractivity (Wildman–Crippen MR) is 135 cm³/mol. The van der Waals surface area contributed by atoms with E-state index in [0.717, 1.165) is 0 Å². The van der Waals surface area contributed by atoms with Gasteiger partial charge in [-0.2, -0.15) is 0 Å². The molecule has 9 N–H and O–H groups in total. The van der Waals surface area contributed by atoms with Crippen LogP contribution in [0.2, 0.25) is 5.02 Å². The molecule has 2 saturated heterocycles. The van der Waals surface area contributed by atoms with Crippen molar-refractivity contribution in [3.05, 3.63) is 58.9 Å². The van der Waals surface area contributed by atoms with Crippen LogP contribution >= 0.6 is 11.6 Å². The summed E-state index contributed by atoms with van der Waals surface area (Å²) in [5.74, 6) is -0.463. The molecule has 14 nitrogen and oxygen atoms in total. The van der Waals surface area contributed by atoms with E-state index in [0.29, 0.717) is 11.1 Å². The Morgan fingerprint density at radius 3 is 2.50 bits per heavy atom. The molecule has 220 valence electrons. The molecule has 2 aromatic rings. The molecule has 2 aliphatic heterocycles. The third-order valence-corrected chi connectivity index (χ3v) is 7.54. The lowest BCUT2D eigenvalue weighted by Gasteiger charge is -2.57. The number of benzene rings is 1. The van der Waals surface area contributed by atoms with E-state index < -0.39 is 79.8 Å². The zero-order valence-electron chi connectivity index (χ0n) is 20.9. The number of amides is 1. The molecule has 0 radical (unpaired) electrons. The molecule has 0 bridgehead atoms. The first-order valence-corrected chi connectivity index (χ1v) is 12.6. The summed E-state index contributed by atoms with van der Waals surface area (Å²) in [6.45, 7) is -2.88. The lowest BCUT2D eigenvalue weighted by atomic mass is 9.67. The summed E-state index contributed by atoms with van der Waals surface area (Å²) in [7, 11) is 0. The Hall–Kier alpha value is -2.31. The number of carbonyl (C=O) groups excluding carboxylic acids is 1. The second-order valence-corrected chi connectivity index (χ2v) is 10.1. The van der Waals surface area contributed by atoms with E-state index in [1.165, 1.54) is 24.5 Å². The maximum absolute atomic E-state index is 12.5. The summed E-state index contributed by atoms with van der Waals surface area (Å²) < 4.78 is 16.2. The van der Waals surface area contributed by atoms with Crippen LogP contribution in [-0.2, 0) is 20.8 Å². The van der Waals surface area contributed by atoms with Crippen molar-refractivity contribution in [2.45, 2.75) is 60.7 Å². The van der Waals surface area contributed by atoms with Gasteiger partial charge in [-0.15, -0.1) is 0 Å². The number of aliphatic hydroxyl groups excluding tert-OH is 6. The van der Waals surface area contributed by atoms with Gasteiger partial charge in [0.1, 0.15) is 36.6 Å². The molecule has 0 aliphatic carbocycles. The first-order valence-electron chi connectivity index (χ1n) is 12.2. The molecular weight excluding hydrogens is 556 g/mol. The number of aromatic nitrogens is 1. The van der Waals surface area contributed by atoms with Crippen LogP contribution < -0.4 is 5.32 Å². The quantitative estimate of drug-likeness (QED) is 0.156. The highest BCUT2D eigenvalue weighted by molar-refractivity contribution is 6.34. The van der Waals surface area contributed by atoms with Crippen LogP contribution in [0.25, 0.3) is 0 Å². The Morgan fingerprint density at radius 1 is 1.10 bits per heavy atom. The Labute approximate surface area is 233 Å². The number of halogens is 1. The van der Waals surface area contributed by atoms with Crippen molar-refractivity contribution in [2.24, 2.45) is 0 Å². The minimum atomic E-state index is -2.95. The third kappa shape index (κ3) is 5.46. The lowest BCUT2D eigenvalue weighted by Crippen LogP contribution is -2.82. The Balaban J connectivity index is 1.48. The molecule has 9 atom stereocenters. The van der Waals surface area contributed by atoms with Crippen LogP contribution in [0.3, 0.4) is 0 Å². The van der Waals surface area contributed by atoms with Gasteiger partial charge in [0.15, 0.2) is 17.5 Å². The Morgan fingerprint density at radius 2 is 1.85 bits per heavy atom. The fourth-order valence-electron chi connectivity index (χ4n) is 4.85. The van der Waals surface area contributed by atoms with Gasteiger partial charge in [-0.1, -0.05) is 17.7 Å². The fourth-order valence-corrected chi connectivity index (χ4v) is 5.01. The molecule has 0 spiro atoms. The average molecular weight is 587 g/mol. The van der Waals surface area contributed by atoms with Crippen molar-refractivity contribution in [1.82, 2.24) is 4.98 Å². The van der Waals surface area contributed by atoms with Crippen LogP contribution in [-0.4, -0.2) is 126 Å². The summed E-state index contributed by atoms with van der Waals surface area (Å²) in [4.78, 5) is 16.4. The van der Waals surface area contributed by atoms with Gasteiger partial charge in [-0.05, 0) is 29.8 Å². The number of nitrogens with one attached hydrogen (secondary N) is 1. The number of ether oxygens (including phenoxy) is 3. The van der Waals surface area contributed by atoms with Gasteiger partial charge in [-0.3, -0.25) is 9.78 Å². The lowest BCUT2D eigenvalue weighted by molar-refractivity contribution is -0.393. The van der Waals surface area contributed by atoms with Crippen molar-refractivity contribution >= 4 is 23.2 Å². The third-order valence-electron chi connectivity index (χ3n) is 7.21. The van der Waals surface area contributed by atoms with Crippen LogP contribution in [0.5, 0.6) is 0 Å². The van der Waals surface area contributed by atoms with Gasteiger partial charge in [0, 0.05) is 12.4 Å². The molecule has 40 heavy (non-hydrogen) atoms. The van der Waals surface area contributed by atoms with Gasteiger partial charge in [0.2, 0.25) is 0 Å². The van der Waals surface area contributed by atoms with Crippen LogP contribution in [0.4, 0.5) is 5.69 Å². The monoisotopic (exact) mass is 586 g/mol. The van der Waals surface area contributed by atoms with Gasteiger partial charge >= 0.3 is 0 Å². The van der Waals surface area contributed by atoms with Crippen LogP contribution in [0.1, 0.15) is 15.9 Å². The number of nitrogens with zero attached hydrogens (tertiary/aromatic N) is 1. The van der Waals surface area contributed by atoms with E-state index in [4.69, 9.17) is 25.8 Å². The summed E-state index contributed by atoms with van der Waals surface area (Å²) in [6.07, 6.45) is -10.2. The standard InChI is InChI=1S/C25H31ClN2O12/c26-14-4-3-12(6-15(14)28-22(35)13-2-1-5-27-7-13)10-38-23-19(32)21(34)25(37,17(9-30)40-23)24(36)11-39-16(8-29)18(31)20(24)33/h1-7,16-21,23,29-34,36-37H,8-11H2,(H,28,35)/t16-,17-,18-,19-,20+,21-,23-,24-,25-/m1/s1. The van der Waals surface area contributed by atoms with E-state index in [2.05, 4.69) is 10.3 Å². The van der Waals surface area contributed by atoms with Crippen molar-refractivity contribution in [3.8, 4) is 0 Å². The van der Waals surface area contributed by atoms with Crippen molar-refractivity contribution in [3.63, 3.8) is 0 Å². The summed E-state index contributed by atoms with van der Waals surface area (Å²) in [5.41, 5.74) is -4.80. The number of aliphatic hydroxyl groups is 8. The van der Waals surface area contributed by atoms with E-state index in [9.17, 15) is 45.6 Å². The molecule has 1 aromatic heterocycles. The Bertz CT molecular complexity index is 1170. The maximum atomic E-state index is 12.5. The van der Waals surface area contributed by atoms with E-state index in [1.807, 2.05) is 0 Å². The maximum Gasteiger partial charge on any atom is 0.257 e. The average Bonchev–Trinajstić information content (AvgIpc) is 2.96. The smallest absolute Gasteiger partial charge is 0.257 e. The van der Waals surface area contributed by atoms with E-state index >= 15 is 0 Å². The number of hydrogen-bond donors (Lipinski definition) is 9. The van der Waals surface area contributed by atoms with Gasteiger partial charge < -0.3 is 60.4 Å². The van der Waals surface area contributed by atoms with E-state index in [-0.39, 0.29) is 17.3 Å². The predicted octanol–water partition coefficient (Wildman–Crippen LogP) is -2.48. The molecule has 1 amide bonds. The molecule has 2 fully saturated rings. The second-order valence-electron chi connectivity index (χ2n) is 9.65. The highest BCUT2D eigenvalue weighted by Crippen LogP contribution is 2.43. The molecule has 2 aliphatic rings. The van der Waals surface area contributed by atoms with Crippen LogP contribution in [0, 0.1) is 0 Å². The number of pyridine rings is 1. The summed E-state index contributed by atoms with van der Waals surface area (Å²) in [6, 6.07) is 7.71. The second kappa shape index (κ2) is 12.3. The fraction of sp³-hybridized carbons (Fsp3) is 0.520. The van der Waals surface area contributed by atoms with Crippen molar-refractivity contribution in [2.75, 3.05) is 25.1 Å². The highest BCUT2D eigenvalue weighted by Gasteiger charge is 2.70. The minimum absolute atomic E-state index is 0.225. The SMILES string of the molecule is O=C(Nc1cc(CO[C@@H]2O[C@H](CO)[C@](O)([C@@]3(O)CO[C@H](CO)[C@@H](O)[C@@H]3O)[C@H](O)[C@H]2O)ccc1Cl)c1cccnc1. The summed E-state index contributed by atoms with van der Waals surface area (Å²) >= 11 is 6.20.